The Morgan fingerprint density at radius 1 is 1.35 bits per heavy atom. The summed E-state index contributed by atoms with van der Waals surface area (Å²) in [4.78, 5) is 28.1. The van der Waals surface area contributed by atoms with Gasteiger partial charge in [-0.2, -0.15) is 0 Å². The summed E-state index contributed by atoms with van der Waals surface area (Å²) >= 11 is 0. The second-order valence-electron chi connectivity index (χ2n) is 5.90. The van der Waals surface area contributed by atoms with Crippen LogP contribution in [0.3, 0.4) is 0 Å². The Balaban J connectivity index is 1.86. The van der Waals surface area contributed by atoms with Crippen molar-refractivity contribution in [3.8, 4) is 5.75 Å². The lowest BCUT2D eigenvalue weighted by molar-refractivity contribution is -0.135. The quantitative estimate of drug-likeness (QED) is 0.865. The van der Waals surface area contributed by atoms with Crippen LogP contribution in [0.4, 0.5) is 5.69 Å². The van der Waals surface area contributed by atoms with Gasteiger partial charge in [0, 0.05) is 24.8 Å². The van der Waals surface area contributed by atoms with E-state index in [1.165, 1.54) is 0 Å². The molecule has 0 radical (unpaired) electrons. The Morgan fingerprint density at radius 3 is 2.70 bits per heavy atom. The predicted octanol–water partition coefficient (Wildman–Crippen LogP) is 1.58. The van der Waals surface area contributed by atoms with Gasteiger partial charge in [-0.25, -0.2) is 0 Å². The fraction of sp³-hybridized carbons (Fsp3) is 0.529. The van der Waals surface area contributed by atoms with Crippen molar-refractivity contribution in [2.24, 2.45) is 0 Å². The molecule has 1 aliphatic heterocycles. The van der Waals surface area contributed by atoms with Crippen molar-refractivity contribution in [2.45, 2.75) is 25.8 Å². The lowest BCUT2D eigenvalue weighted by Gasteiger charge is -2.27. The summed E-state index contributed by atoms with van der Waals surface area (Å²) in [6.45, 7) is 3.66. The van der Waals surface area contributed by atoms with E-state index in [0.29, 0.717) is 11.4 Å². The fourth-order valence-corrected chi connectivity index (χ4v) is 2.66. The molecule has 23 heavy (non-hydrogen) atoms. The van der Waals surface area contributed by atoms with Crippen molar-refractivity contribution >= 4 is 17.5 Å². The normalized spacial score (nSPS) is 15.6. The fourth-order valence-electron chi connectivity index (χ4n) is 2.66. The van der Waals surface area contributed by atoms with E-state index in [2.05, 4.69) is 5.32 Å². The number of ether oxygens (including phenoxy) is 1. The molecule has 1 atom stereocenters. The Hall–Kier alpha value is -2.08. The first-order valence-electron chi connectivity index (χ1n) is 7.94. The number of nitrogens with zero attached hydrogens (tertiary/aromatic N) is 2. The van der Waals surface area contributed by atoms with Gasteiger partial charge in [0.1, 0.15) is 5.75 Å². The topological polar surface area (TPSA) is 61.9 Å². The van der Waals surface area contributed by atoms with Crippen molar-refractivity contribution in [3.63, 3.8) is 0 Å². The Labute approximate surface area is 137 Å². The minimum absolute atomic E-state index is 0.0965. The first-order chi connectivity index (χ1) is 11.0. The van der Waals surface area contributed by atoms with Crippen LogP contribution in [0.1, 0.15) is 19.8 Å². The van der Waals surface area contributed by atoms with E-state index < -0.39 is 0 Å². The molecule has 1 aliphatic rings. The van der Waals surface area contributed by atoms with E-state index in [1.807, 2.05) is 24.0 Å². The second-order valence-corrected chi connectivity index (χ2v) is 5.90. The van der Waals surface area contributed by atoms with Crippen LogP contribution in [-0.4, -0.2) is 61.4 Å². The molecule has 0 aliphatic carbocycles. The van der Waals surface area contributed by atoms with E-state index >= 15 is 0 Å². The Bertz CT molecular complexity index is 556. The molecule has 0 saturated carbocycles. The largest absolute Gasteiger partial charge is 0.497 e. The lowest BCUT2D eigenvalue weighted by atomic mass is 10.2. The van der Waals surface area contributed by atoms with E-state index in [0.717, 1.165) is 25.9 Å². The van der Waals surface area contributed by atoms with Gasteiger partial charge in [0.05, 0.1) is 19.7 Å². The smallest absolute Gasteiger partial charge is 0.239 e. The number of amides is 2. The molecule has 1 fully saturated rings. The van der Waals surface area contributed by atoms with Crippen LogP contribution in [0, 0.1) is 0 Å². The first-order valence-corrected chi connectivity index (χ1v) is 7.94. The first kappa shape index (κ1) is 17.3. The van der Waals surface area contributed by atoms with Gasteiger partial charge >= 0.3 is 0 Å². The van der Waals surface area contributed by atoms with Gasteiger partial charge in [-0.1, -0.05) is 6.07 Å². The third-order valence-corrected chi connectivity index (χ3v) is 4.18. The van der Waals surface area contributed by atoms with Crippen LogP contribution in [-0.2, 0) is 9.59 Å². The molecule has 126 valence electrons. The van der Waals surface area contributed by atoms with Crippen LogP contribution < -0.4 is 10.1 Å². The van der Waals surface area contributed by atoms with E-state index in [9.17, 15) is 9.59 Å². The van der Waals surface area contributed by atoms with Crippen LogP contribution >= 0.6 is 0 Å². The van der Waals surface area contributed by atoms with Crippen molar-refractivity contribution in [1.29, 1.82) is 0 Å². The molecule has 1 heterocycles. The third-order valence-electron chi connectivity index (χ3n) is 4.18. The van der Waals surface area contributed by atoms with Crippen LogP contribution in [0.2, 0.25) is 0 Å². The Kier molecular flexibility index (Phi) is 5.98. The van der Waals surface area contributed by atoms with Gasteiger partial charge in [0.25, 0.3) is 0 Å². The second kappa shape index (κ2) is 7.97. The van der Waals surface area contributed by atoms with Gasteiger partial charge in [-0.05, 0) is 38.9 Å². The molecule has 0 spiro atoms. The van der Waals surface area contributed by atoms with Crippen LogP contribution in [0.5, 0.6) is 5.75 Å². The summed E-state index contributed by atoms with van der Waals surface area (Å²) < 4.78 is 5.13. The number of anilines is 1. The highest BCUT2D eigenvalue weighted by atomic mass is 16.5. The summed E-state index contributed by atoms with van der Waals surface area (Å²) in [5, 5.41) is 2.83. The number of likely N-dealkylation sites (tertiary alicyclic amines) is 1. The van der Waals surface area contributed by atoms with Gasteiger partial charge < -0.3 is 15.0 Å². The molecule has 1 saturated heterocycles. The number of hydrogen-bond acceptors (Lipinski definition) is 4. The number of methoxy groups -OCH3 is 1. The molecule has 2 amide bonds. The van der Waals surface area contributed by atoms with E-state index in [-0.39, 0.29) is 24.4 Å². The van der Waals surface area contributed by atoms with Gasteiger partial charge in [0.2, 0.25) is 11.8 Å². The average molecular weight is 319 g/mol. The third kappa shape index (κ3) is 4.69. The molecule has 0 unspecified atom stereocenters. The number of benzene rings is 1. The molecule has 0 aromatic heterocycles. The molecule has 6 heteroatoms. The summed E-state index contributed by atoms with van der Waals surface area (Å²) in [7, 11) is 3.38. The van der Waals surface area contributed by atoms with Crippen molar-refractivity contribution < 1.29 is 14.3 Å². The molecular weight excluding hydrogens is 294 g/mol. The number of hydrogen-bond donors (Lipinski definition) is 1. The molecular formula is C17H25N3O3. The molecule has 6 nitrogen and oxygen atoms in total. The standard InChI is InChI=1S/C17H25N3O3/c1-13(17(22)20-9-4-5-10-20)19(2)12-16(21)18-14-7-6-8-15(11-14)23-3/h6-8,11,13H,4-5,9-10,12H2,1-3H3,(H,18,21)/t13-/m1/s1. The summed E-state index contributed by atoms with van der Waals surface area (Å²) in [5.74, 6) is 0.634. The number of carbonyl (C=O) groups excluding carboxylic acids is 2. The van der Waals surface area contributed by atoms with Gasteiger partial charge in [-0.3, -0.25) is 14.5 Å². The minimum atomic E-state index is -0.302. The summed E-state index contributed by atoms with van der Waals surface area (Å²) in [5.41, 5.74) is 0.682. The summed E-state index contributed by atoms with van der Waals surface area (Å²) in [6.07, 6.45) is 2.14. The van der Waals surface area contributed by atoms with Gasteiger partial charge in [0.15, 0.2) is 0 Å². The molecule has 1 N–H and O–H groups in total. The SMILES string of the molecule is COc1cccc(NC(=O)CN(C)[C@H](C)C(=O)N2CCCC2)c1. The summed E-state index contributed by atoms with van der Waals surface area (Å²) in [6, 6.07) is 6.90. The highest BCUT2D eigenvalue weighted by Crippen LogP contribution is 2.17. The van der Waals surface area contributed by atoms with Crippen molar-refractivity contribution in [3.05, 3.63) is 24.3 Å². The molecule has 1 aromatic carbocycles. The maximum absolute atomic E-state index is 12.3. The predicted molar refractivity (Wildman–Crippen MR) is 89.5 cm³/mol. The van der Waals surface area contributed by atoms with Crippen molar-refractivity contribution in [1.82, 2.24) is 9.80 Å². The van der Waals surface area contributed by atoms with Crippen LogP contribution in [0.15, 0.2) is 24.3 Å². The van der Waals surface area contributed by atoms with Gasteiger partial charge in [-0.15, -0.1) is 0 Å². The molecule has 1 aromatic rings. The highest BCUT2D eigenvalue weighted by molar-refractivity contribution is 5.93. The van der Waals surface area contributed by atoms with Crippen LogP contribution in [0.25, 0.3) is 0 Å². The van der Waals surface area contributed by atoms with E-state index in [1.54, 1.807) is 31.2 Å². The van der Waals surface area contributed by atoms with E-state index in [4.69, 9.17) is 4.74 Å². The molecule has 2 rings (SSSR count). The Morgan fingerprint density at radius 2 is 2.04 bits per heavy atom. The zero-order valence-corrected chi connectivity index (χ0v) is 14.0. The minimum Gasteiger partial charge on any atom is -0.497 e. The average Bonchev–Trinajstić information content (AvgIpc) is 3.07. The monoisotopic (exact) mass is 319 g/mol. The zero-order chi connectivity index (χ0) is 16.8. The number of rotatable bonds is 6. The highest BCUT2D eigenvalue weighted by Gasteiger charge is 2.26. The number of nitrogens with one attached hydrogen (secondary N) is 1. The maximum Gasteiger partial charge on any atom is 0.239 e. The number of carbonyl (C=O) groups is 2. The lowest BCUT2D eigenvalue weighted by Crippen LogP contribution is -2.46. The molecule has 0 bridgehead atoms. The maximum atomic E-state index is 12.3. The zero-order valence-electron chi connectivity index (χ0n) is 14.0. The number of likely N-dealkylation sites (N-methyl/N-ethyl adjacent to an activating group) is 1. The van der Waals surface area contributed by atoms with Crippen molar-refractivity contribution in [2.75, 3.05) is 39.1 Å².